The lowest BCUT2D eigenvalue weighted by molar-refractivity contribution is 0.0792. The Morgan fingerprint density at radius 2 is 1.89 bits per heavy atom. The van der Waals surface area contributed by atoms with E-state index < -0.39 is 10.0 Å². The third-order valence-electron chi connectivity index (χ3n) is 3.24. The third kappa shape index (κ3) is 2.98. The van der Waals surface area contributed by atoms with Gasteiger partial charge >= 0.3 is 0 Å². The average Bonchev–Trinajstić information content (AvgIpc) is 2.83. The molecular weight excluding hydrogens is 332 g/mol. The van der Waals surface area contributed by atoms with Crippen LogP contribution in [0, 0.1) is 6.92 Å². The van der Waals surface area contributed by atoms with Crippen LogP contribution in [0.1, 0.15) is 28.8 Å². The number of rotatable bonds is 2. The van der Waals surface area contributed by atoms with Crippen LogP contribution < -0.4 is 5.14 Å². The Hall–Kier alpha value is -0.920. The van der Waals surface area contributed by atoms with E-state index in [-0.39, 0.29) is 10.8 Å². The van der Waals surface area contributed by atoms with Crippen molar-refractivity contribution in [1.29, 1.82) is 0 Å². The number of nitrogens with zero attached hydrogens (tertiary/aromatic N) is 1. The molecule has 1 aromatic rings. The Labute approximate surface area is 121 Å². The molecule has 0 unspecified atom stereocenters. The molecule has 0 atom stereocenters. The van der Waals surface area contributed by atoms with Crippen molar-refractivity contribution in [1.82, 2.24) is 4.90 Å². The number of hydrogen-bond donors (Lipinski definition) is 1. The predicted molar refractivity (Wildman–Crippen MR) is 75.4 cm³/mol. The number of amides is 1. The first kappa shape index (κ1) is 14.5. The number of benzene rings is 1. The van der Waals surface area contributed by atoms with E-state index >= 15 is 0 Å². The van der Waals surface area contributed by atoms with Crippen LogP contribution in [0.15, 0.2) is 21.5 Å². The summed E-state index contributed by atoms with van der Waals surface area (Å²) in [6, 6.07) is 3.00. The van der Waals surface area contributed by atoms with Crippen LogP contribution in [0.2, 0.25) is 0 Å². The number of nitrogens with two attached hydrogens (primary N) is 1. The number of carbonyl (C=O) groups excluding carboxylic acids is 1. The van der Waals surface area contributed by atoms with Gasteiger partial charge in [-0.15, -0.1) is 0 Å². The summed E-state index contributed by atoms with van der Waals surface area (Å²) in [5, 5.41) is 5.18. The highest BCUT2D eigenvalue weighted by Crippen LogP contribution is 2.26. The monoisotopic (exact) mass is 346 g/mol. The smallest absolute Gasteiger partial charge is 0.253 e. The number of primary sulfonamides is 1. The Balaban J connectivity index is 2.48. The molecule has 0 radical (unpaired) electrons. The van der Waals surface area contributed by atoms with Crippen LogP contribution in [0.4, 0.5) is 0 Å². The number of hydrogen-bond acceptors (Lipinski definition) is 3. The Morgan fingerprint density at radius 3 is 2.42 bits per heavy atom. The van der Waals surface area contributed by atoms with E-state index in [9.17, 15) is 13.2 Å². The first-order valence-corrected chi connectivity index (χ1v) is 8.27. The van der Waals surface area contributed by atoms with Crippen molar-refractivity contribution in [3.63, 3.8) is 0 Å². The van der Waals surface area contributed by atoms with E-state index in [0.717, 1.165) is 25.9 Å². The molecule has 0 aliphatic carbocycles. The molecule has 19 heavy (non-hydrogen) atoms. The molecule has 0 aromatic heterocycles. The van der Waals surface area contributed by atoms with Gasteiger partial charge in [0.1, 0.15) is 0 Å². The average molecular weight is 347 g/mol. The van der Waals surface area contributed by atoms with Crippen LogP contribution in [0.5, 0.6) is 0 Å². The Bertz CT molecular complexity index is 622. The minimum Gasteiger partial charge on any atom is -0.339 e. The molecule has 2 rings (SSSR count). The van der Waals surface area contributed by atoms with Gasteiger partial charge in [-0.3, -0.25) is 4.79 Å². The van der Waals surface area contributed by atoms with Gasteiger partial charge in [-0.25, -0.2) is 13.6 Å². The SMILES string of the molecule is Cc1c(Br)cc(C(=O)N2CCCC2)cc1S(N)(=O)=O. The van der Waals surface area contributed by atoms with Gasteiger partial charge in [0.25, 0.3) is 5.91 Å². The van der Waals surface area contributed by atoms with Gasteiger partial charge in [-0.05, 0) is 37.5 Å². The van der Waals surface area contributed by atoms with Crippen LogP contribution in [0.25, 0.3) is 0 Å². The summed E-state index contributed by atoms with van der Waals surface area (Å²) in [6.45, 7) is 3.08. The predicted octanol–water partition coefficient (Wildman–Crippen LogP) is 1.64. The van der Waals surface area contributed by atoms with Crippen molar-refractivity contribution >= 4 is 31.9 Å². The molecule has 1 heterocycles. The molecule has 1 aromatic carbocycles. The van der Waals surface area contributed by atoms with Crippen LogP contribution >= 0.6 is 15.9 Å². The first-order valence-electron chi connectivity index (χ1n) is 5.93. The van der Waals surface area contributed by atoms with Crippen molar-refractivity contribution in [3.8, 4) is 0 Å². The van der Waals surface area contributed by atoms with E-state index in [1.807, 2.05) is 0 Å². The van der Waals surface area contributed by atoms with E-state index in [1.54, 1.807) is 17.9 Å². The summed E-state index contributed by atoms with van der Waals surface area (Å²) >= 11 is 3.28. The van der Waals surface area contributed by atoms with Gasteiger partial charge in [-0.2, -0.15) is 0 Å². The fraction of sp³-hybridized carbons (Fsp3) is 0.417. The standard InChI is InChI=1S/C12H15BrN2O3S/c1-8-10(13)6-9(7-11(8)19(14,17)18)12(16)15-4-2-3-5-15/h6-7H,2-5H2,1H3,(H2,14,17,18). The molecule has 5 nitrogen and oxygen atoms in total. The van der Waals surface area contributed by atoms with Crippen LogP contribution in [-0.2, 0) is 10.0 Å². The molecule has 1 aliphatic heterocycles. The van der Waals surface area contributed by atoms with Gasteiger partial charge in [0.15, 0.2) is 0 Å². The van der Waals surface area contributed by atoms with E-state index in [4.69, 9.17) is 5.14 Å². The third-order valence-corrected chi connectivity index (χ3v) is 5.10. The zero-order chi connectivity index (χ0) is 14.2. The fourth-order valence-electron chi connectivity index (χ4n) is 2.18. The number of halogens is 1. The molecule has 1 amide bonds. The minimum atomic E-state index is -3.84. The van der Waals surface area contributed by atoms with Crippen molar-refractivity contribution in [2.24, 2.45) is 5.14 Å². The molecule has 2 N–H and O–H groups in total. The lowest BCUT2D eigenvalue weighted by Crippen LogP contribution is -2.28. The molecule has 1 saturated heterocycles. The molecule has 0 bridgehead atoms. The fourth-order valence-corrected chi connectivity index (χ4v) is 3.59. The number of sulfonamides is 1. The van der Waals surface area contributed by atoms with E-state index in [0.29, 0.717) is 15.6 Å². The van der Waals surface area contributed by atoms with Gasteiger partial charge in [-0.1, -0.05) is 15.9 Å². The summed E-state index contributed by atoms with van der Waals surface area (Å²) in [6.07, 6.45) is 1.97. The lowest BCUT2D eigenvalue weighted by atomic mass is 10.1. The summed E-state index contributed by atoms with van der Waals surface area (Å²) in [5.74, 6) is -0.150. The van der Waals surface area contributed by atoms with Crippen molar-refractivity contribution in [3.05, 3.63) is 27.7 Å². The summed E-state index contributed by atoms with van der Waals surface area (Å²) in [7, 11) is -3.84. The van der Waals surface area contributed by atoms with Crippen LogP contribution in [0.3, 0.4) is 0 Å². The zero-order valence-electron chi connectivity index (χ0n) is 10.5. The summed E-state index contributed by atoms with van der Waals surface area (Å²) in [5.41, 5.74) is 0.865. The highest BCUT2D eigenvalue weighted by atomic mass is 79.9. The molecule has 1 fully saturated rings. The number of carbonyl (C=O) groups is 1. The molecule has 104 valence electrons. The molecule has 0 saturated carbocycles. The second-order valence-electron chi connectivity index (χ2n) is 4.63. The van der Waals surface area contributed by atoms with Gasteiger partial charge < -0.3 is 4.90 Å². The zero-order valence-corrected chi connectivity index (χ0v) is 12.9. The minimum absolute atomic E-state index is 0.00979. The second-order valence-corrected chi connectivity index (χ2v) is 7.01. The van der Waals surface area contributed by atoms with Gasteiger partial charge in [0.05, 0.1) is 4.90 Å². The quantitative estimate of drug-likeness (QED) is 0.883. The van der Waals surface area contributed by atoms with Gasteiger partial charge in [0.2, 0.25) is 10.0 Å². The highest BCUT2D eigenvalue weighted by Gasteiger charge is 2.23. The maximum atomic E-state index is 12.3. The topological polar surface area (TPSA) is 80.5 Å². The molecule has 1 aliphatic rings. The first-order chi connectivity index (χ1) is 8.80. The lowest BCUT2D eigenvalue weighted by Gasteiger charge is -2.16. The van der Waals surface area contributed by atoms with E-state index in [1.165, 1.54) is 6.07 Å². The highest BCUT2D eigenvalue weighted by molar-refractivity contribution is 9.10. The summed E-state index contributed by atoms with van der Waals surface area (Å²) in [4.78, 5) is 14.0. The molecule has 0 spiro atoms. The second kappa shape index (κ2) is 5.22. The maximum absolute atomic E-state index is 12.3. The Kier molecular flexibility index (Phi) is 3.98. The molecule has 7 heteroatoms. The van der Waals surface area contributed by atoms with Gasteiger partial charge in [0, 0.05) is 23.1 Å². The Morgan fingerprint density at radius 1 is 1.32 bits per heavy atom. The summed E-state index contributed by atoms with van der Waals surface area (Å²) < 4.78 is 23.6. The molecular formula is C12H15BrN2O3S. The van der Waals surface area contributed by atoms with E-state index in [2.05, 4.69) is 15.9 Å². The van der Waals surface area contributed by atoms with Crippen molar-refractivity contribution in [2.45, 2.75) is 24.7 Å². The normalized spacial score (nSPS) is 15.8. The van der Waals surface area contributed by atoms with Crippen LogP contribution in [-0.4, -0.2) is 32.3 Å². The maximum Gasteiger partial charge on any atom is 0.253 e. The number of likely N-dealkylation sites (tertiary alicyclic amines) is 1. The van der Waals surface area contributed by atoms with Crippen molar-refractivity contribution < 1.29 is 13.2 Å². The van der Waals surface area contributed by atoms with Crippen molar-refractivity contribution in [2.75, 3.05) is 13.1 Å². The largest absolute Gasteiger partial charge is 0.339 e.